The number of nitro groups is 1. The lowest BCUT2D eigenvalue weighted by Gasteiger charge is -2.43. The van der Waals surface area contributed by atoms with Crippen molar-refractivity contribution in [1.29, 1.82) is 0 Å². The average molecular weight is 302 g/mol. The number of benzene rings is 1. The van der Waals surface area contributed by atoms with E-state index < -0.39 is 23.5 Å². The molecule has 0 bridgehead atoms. The van der Waals surface area contributed by atoms with E-state index >= 15 is 0 Å². The number of hydroxylamine groups is 4. The van der Waals surface area contributed by atoms with Crippen molar-refractivity contribution in [3.05, 3.63) is 39.3 Å². The number of halogens is 1. The number of nitro benzene ring substituents is 1. The van der Waals surface area contributed by atoms with Crippen molar-refractivity contribution in [2.75, 3.05) is 32.0 Å². The van der Waals surface area contributed by atoms with E-state index in [0.717, 1.165) is 6.07 Å². The second-order valence-corrected chi connectivity index (χ2v) is 7.02. The first kappa shape index (κ1) is 15.3. The molecule has 0 saturated carbocycles. The second-order valence-electron chi connectivity index (χ2n) is 4.56. The largest absolute Gasteiger partial charge is 0.598 e. The zero-order valence-electron chi connectivity index (χ0n) is 11.1. The van der Waals surface area contributed by atoms with E-state index in [1.54, 1.807) is 6.92 Å². The zero-order valence-corrected chi connectivity index (χ0v) is 12.0. The molecule has 1 aromatic rings. The smallest absolute Gasteiger partial charge is 0.272 e. The van der Waals surface area contributed by atoms with E-state index in [0.29, 0.717) is 37.3 Å². The molecule has 0 amide bonds. The van der Waals surface area contributed by atoms with Crippen molar-refractivity contribution in [2.24, 2.45) is 0 Å². The predicted molar refractivity (Wildman–Crippen MR) is 74.3 cm³/mol. The second kappa shape index (κ2) is 6.10. The molecule has 1 fully saturated rings. The SMILES string of the molecule is CCO[N+]1([O-])CCP(c2ccc([N+](=O)[O-])cc2F)CC1. The van der Waals surface area contributed by atoms with Crippen LogP contribution in [0.3, 0.4) is 0 Å². The number of rotatable bonds is 4. The molecule has 0 radical (unpaired) electrons. The van der Waals surface area contributed by atoms with Crippen LogP contribution in [-0.4, -0.2) is 41.8 Å². The van der Waals surface area contributed by atoms with Crippen LogP contribution in [0.4, 0.5) is 10.1 Å². The molecule has 1 aromatic carbocycles. The first-order valence-electron chi connectivity index (χ1n) is 6.37. The van der Waals surface area contributed by atoms with Gasteiger partial charge in [0.2, 0.25) is 0 Å². The normalized spacial score (nSPS) is 26.4. The van der Waals surface area contributed by atoms with Gasteiger partial charge in [0, 0.05) is 23.7 Å². The van der Waals surface area contributed by atoms with Gasteiger partial charge in [-0.1, -0.05) is 7.92 Å². The Labute approximate surface area is 117 Å². The van der Waals surface area contributed by atoms with Gasteiger partial charge in [0.15, 0.2) is 0 Å². The molecule has 1 heterocycles. The van der Waals surface area contributed by atoms with Gasteiger partial charge in [0.05, 0.1) is 11.0 Å². The van der Waals surface area contributed by atoms with Crippen LogP contribution in [0.5, 0.6) is 0 Å². The van der Waals surface area contributed by atoms with Gasteiger partial charge >= 0.3 is 0 Å². The summed E-state index contributed by atoms with van der Waals surface area (Å²) in [7, 11) is -0.782. The molecular weight excluding hydrogens is 286 g/mol. The Morgan fingerprint density at radius 3 is 2.60 bits per heavy atom. The summed E-state index contributed by atoms with van der Waals surface area (Å²) >= 11 is 0. The molecule has 110 valence electrons. The molecule has 0 atom stereocenters. The fourth-order valence-electron chi connectivity index (χ4n) is 2.24. The molecule has 0 aliphatic carbocycles. The molecular formula is C12H16FN2O4P. The fourth-order valence-corrected chi connectivity index (χ4v) is 4.69. The highest BCUT2D eigenvalue weighted by atomic mass is 31.1. The Kier molecular flexibility index (Phi) is 4.65. The van der Waals surface area contributed by atoms with Gasteiger partial charge in [-0.3, -0.25) is 10.1 Å². The number of quaternary nitrogens is 1. The first-order valence-corrected chi connectivity index (χ1v) is 8.08. The van der Waals surface area contributed by atoms with Gasteiger partial charge in [-0.25, -0.2) is 14.0 Å². The fraction of sp³-hybridized carbons (Fsp3) is 0.500. The molecule has 0 aromatic heterocycles. The third-order valence-electron chi connectivity index (χ3n) is 3.27. The van der Waals surface area contributed by atoms with Crippen LogP contribution in [0.15, 0.2) is 18.2 Å². The maximum atomic E-state index is 13.9. The number of hydrogen-bond acceptors (Lipinski definition) is 4. The first-order chi connectivity index (χ1) is 9.45. The Hall–Kier alpha value is -1.14. The standard InChI is InChI=1S/C12H16FN2O4P/c1-2-19-15(18)5-7-20(8-6-15)12-4-3-10(14(16)17)9-11(12)13/h3-4,9H,2,5-8H2,1H3. The summed E-state index contributed by atoms with van der Waals surface area (Å²) in [6.07, 6.45) is 1.15. The highest BCUT2D eigenvalue weighted by Gasteiger charge is 2.30. The Balaban J connectivity index is 2.09. The molecule has 1 aliphatic rings. The summed E-state index contributed by atoms with van der Waals surface area (Å²) in [5.41, 5.74) is -0.249. The van der Waals surface area contributed by atoms with Crippen LogP contribution < -0.4 is 5.30 Å². The zero-order chi connectivity index (χ0) is 14.8. The molecule has 6 nitrogen and oxygen atoms in total. The minimum Gasteiger partial charge on any atom is -0.598 e. The Bertz CT molecular complexity index is 506. The van der Waals surface area contributed by atoms with E-state index in [2.05, 4.69) is 0 Å². The quantitative estimate of drug-likeness (QED) is 0.281. The lowest BCUT2D eigenvalue weighted by atomic mass is 10.3. The lowest BCUT2D eigenvalue weighted by molar-refractivity contribution is -1.06. The van der Waals surface area contributed by atoms with Crippen LogP contribution in [0, 0.1) is 21.1 Å². The maximum absolute atomic E-state index is 13.9. The summed E-state index contributed by atoms with van der Waals surface area (Å²) in [4.78, 5) is 14.4. The van der Waals surface area contributed by atoms with Crippen LogP contribution in [-0.2, 0) is 4.84 Å². The van der Waals surface area contributed by atoms with Crippen molar-refractivity contribution in [3.63, 3.8) is 0 Å². The molecule has 1 saturated heterocycles. The van der Waals surface area contributed by atoms with Gasteiger partial charge in [-0.15, -0.1) is 0 Å². The summed E-state index contributed by atoms with van der Waals surface area (Å²) in [6.45, 7) is 2.73. The summed E-state index contributed by atoms with van der Waals surface area (Å²) < 4.78 is 13.9. The predicted octanol–water partition coefficient (Wildman–Crippen LogP) is 2.12. The van der Waals surface area contributed by atoms with Gasteiger partial charge < -0.3 is 5.21 Å². The molecule has 0 spiro atoms. The molecule has 1 aliphatic heterocycles. The van der Waals surface area contributed by atoms with E-state index in [-0.39, 0.29) is 5.69 Å². The van der Waals surface area contributed by atoms with Gasteiger partial charge in [0.25, 0.3) is 5.69 Å². The van der Waals surface area contributed by atoms with Crippen LogP contribution >= 0.6 is 7.92 Å². The van der Waals surface area contributed by atoms with Crippen molar-refractivity contribution in [3.8, 4) is 0 Å². The van der Waals surface area contributed by atoms with Gasteiger partial charge in [-0.2, -0.15) is 0 Å². The monoisotopic (exact) mass is 302 g/mol. The topological polar surface area (TPSA) is 75.4 Å². The summed E-state index contributed by atoms with van der Waals surface area (Å²) in [5, 5.41) is 23.2. The third-order valence-corrected chi connectivity index (χ3v) is 5.79. The molecule has 2 rings (SSSR count). The maximum Gasteiger partial charge on any atom is 0.272 e. The summed E-state index contributed by atoms with van der Waals surface area (Å²) in [6, 6.07) is 3.75. The number of non-ortho nitro benzene ring substituents is 1. The van der Waals surface area contributed by atoms with Crippen LogP contribution in [0.2, 0.25) is 0 Å². The van der Waals surface area contributed by atoms with E-state index in [4.69, 9.17) is 4.84 Å². The molecule has 0 unspecified atom stereocenters. The van der Waals surface area contributed by atoms with Crippen molar-refractivity contribution >= 4 is 18.9 Å². The molecule has 20 heavy (non-hydrogen) atoms. The average Bonchev–Trinajstić information content (AvgIpc) is 2.40. The van der Waals surface area contributed by atoms with Crippen LogP contribution in [0.25, 0.3) is 0 Å². The van der Waals surface area contributed by atoms with Crippen molar-refractivity contribution in [1.82, 2.24) is 0 Å². The Morgan fingerprint density at radius 2 is 2.10 bits per heavy atom. The Morgan fingerprint density at radius 1 is 1.45 bits per heavy atom. The van der Waals surface area contributed by atoms with Gasteiger partial charge in [0.1, 0.15) is 25.5 Å². The molecule has 0 N–H and O–H groups in total. The minimum absolute atomic E-state index is 0.249. The highest BCUT2D eigenvalue weighted by Crippen LogP contribution is 2.40. The lowest BCUT2D eigenvalue weighted by Crippen LogP contribution is -2.49. The van der Waals surface area contributed by atoms with E-state index in [9.17, 15) is 19.7 Å². The van der Waals surface area contributed by atoms with Crippen molar-refractivity contribution < 1.29 is 19.0 Å². The van der Waals surface area contributed by atoms with Gasteiger partial charge in [-0.05, 0) is 13.0 Å². The number of hydrogen-bond donors (Lipinski definition) is 0. The number of nitrogens with zero attached hydrogens (tertiary/aromatic N) is 2. The third kappa shape index (κ3) is 3.30. The summed E-state index contributed by atoms with van der Waals surface area (Å²) in [5.74, 6) is -0.549. The minimum atomic E-state index is -0.782. The van der Waals surface area contributed by atoms with E-state index in [1.807, 2.05) is 0 Å². The van der Waals surface area contributed by atoms with E-state index in [1.165, 1.54) is 12.1 Å². The van der Waals surface area contributed by atoms with Crippen LogP contribution in [0.1, 0.15) is 6.92 Å². The highest BCUT2D eigenvalue weighted by molar-refractivity contribution is 7.65. The molecule has 8 heteroatoms. The van der Waals surface area contributed by atoms with Crippen molar-refractivity contribution in [2.45, 2.75) is 6.92 Å².